The van der Waals surface area contributed by atoms with E-state index in [9.17, 15) is 4.79 Å². The molecule has 0 bridgehead atoms. The van der Waals surface area contributed by atoms with Gasteiger partial charge in [0.1, 0.15) is 5.60 Å². The highest BCUT2D eigenvalue weighted by molar-refractivity contribution is 5.69. The molecule has 0 aliphatic carbocycles. The van der Waals surface area contributed by atoms with Gasteiger partial charge in [0, 0.05) is 0 Å². The molecule has 0 spiro atoms. The zero-order chi connectivity index (χ0) is 16.3. The second kappa shape index (κ2) is 10.9. The highest BCUT2D eigenvalue weighted by atomic mass is 16.6. The Bertz CT molecular complexity index is 297. The molecular weight excluding hydrogens is 286 g/mol. The van der Waals surface area contributed by atoms with Gasteiger partial charge < -0.3 is 24.3 Å². The zero-order valence-corrected chi connectivity index (χ0v) is 14.2. The summed E-state index contributed by atoms with van der Waals surface area (Å²) in [7, 11) is 0. The van der Waals surface area contributed by atoms with E-state index in [-0.39, 0.29) is 12.4 Å². The van der Waals surface area contributed by atoms with Crippen LogP contribution < -0.4 is 5.32 Å². The molecule has 22 heavy (non-hydrogen) atoms. The van der Waals surface area contributed by atoms with Crippen LogP contribution in [0.3, 0.4) is 0 Å². The Hall–Kier alpha value is -0.690. The summed E-state index contributed by atoms with van der Waals surface area (Å²) in [5.41, 5.74) is -0.436. The summed E-state index contributed by atoms with van der Waals surface area (Å²) in [5, 5.41) is 3.30. The van der Waals surface area contributed by atoms with Crippen molar-refractivity contribution in [3.8, 4) is 0 Å². The van der Waals surface area contributed by atoms with Gasteiger partial charge in [0.25, 0.3) is 0 Å². The lowest BCUT2D eigenvalue weighted by atomic mass is 10.1. The summed E-state index contributed by atoms with van der Waals surface area (Å²) < 4.78 is 21.7. The van der Waals surface area contributed by atoms with Crippen LogP contribution in [0.25, 0.3) is 0 Å². The number of rotatable bonds is 10. The minimum Gasteiger partial charge on any atom is -0.460 e. The van der Waals surface area contributed by atoms with Crippen LogP contribution in [0.4, 0.5) is 0 Å². The summed E-state index contributed by atoms with van der Waals surface area (Å²) in [6.07, 6.45) is 2.80. The van der Waals surface area contributed by atoms with Gasteiger partial charge in [0.2, 0.25) is 0 Å². The highest BCUT2D eigenvalue weighted by Gasteiger charge is 2.15. The molecule has 130 valence electrons. The Balaban J connectivity index is 1.82. The van der Waals surface area contributed by atoms with E-state index in [2.05, 4.69) is 5.32 Å². The number of piperidine rings is 1. The van der Waals surface area contributed by atoms with E-state index in [4.69, 9.17) is 18.9 Å². The zero-order valence-electron chi connectivity index (χ0n) is 14.2. The van der Waals surface area contributed by atoms with E-state index in [1.807, 2.05) is 20.8 Å². The molecule has 1 aliphatic heterocycles. The highest BCUT2D eigenvalue weighted by Crippen LogP contribution is 2.08. The summed E-state index contributed by atoms with van der Waals surface area (Å²) in [5.74, 6) is -0.233. The molecule has 6 nitrogen and oxygen atoms in total. The number of carbonyl (C=O) groups excluding carboxylic acids is 1. The van der Waals surface area contributed by atoms with Gasteiger partial charge in [-0.3, -0.25) is 4.79 Å². The number of ether oxygens (including phenoxy) is 4. The lowest BCUT2D eigenvalue weighted by Gasteiger charge is -2.22. The molecule has 0 amide bonds. The Labute approximate surface area is 133 Å². The van der Waals surface area contributed by atoms with Crippen LogP contribution in [-0.2, 0) is 23.7 Å². The van der Waals surface area contributed by atoms with Crippen molar-refractivity contribution >= 4 is 5.97 Å². The maximum Gasteiger partial charge on any atom is 0.308 e. The predicted octanol–water partition coefficient (Wildman–Crippen LogP) is 1.52. The van der Waals surface area contributed by atoms with Gasteiger partial charge >= 0.3 is 5.97 Å². The van der Waals surface area contributed by atoms with E-state index in [1.165, 1.54) is 0 Å². The topological polar surface area (TPSA) is 66.0 Å². The molecule has 0 aromatic heterocycles. The monoisotopic (exact) mass is 317 g/mol. The first kappa shape index (κ1) is 19.4. The minimum absolute atomic E-state index is 0.233. The van der Waals surface area contributed by atoms with Crippen LogP contribution >= 0.6 is 0 Å². The van der Waals surface area contributed by atoms with Crippen LogP contribution in [0.1, 0.15) is 40.0 Å². The molecule has 1 N–H and O–H groups in total. The van der Waals surface area contributed by atoms with Crippen LogP contribution in [-0.4, -0.2) is 63.8 Å². The normalized spacial score (nSPS) is 16.7. The average Bonchev–Trinajstić information content (AvgIpc) is 2.44. The Morgan fingerprint density at radius 1 is 1.00 bits per heavy atom. The van der Waals surface area contributed by atoms with Crippen LogP contribution in [0.5, 0.6) is 0 Å². The fourth-order valence-electron chi connectivity index (χ4n) is 2.11. The SMILES string of the molecule is CC(C)(C)OC(=O)CCOCCOCCOC1CCNCC1. The van der Waals surface area contributed by atoms with Gasteiger partial charge in [-0.1, -0.05) is 0 Å². The van der Waals surface area contributed by atoms with Crippen molar-refractivity contribution < 1.29 is 23.7 Å². The van der Waals surface area contributed by atoms with Gasteiger partial charge in [-0.05, 0) is 46.7 Å². The Kier molecular flexibility index (Phi) is 9.63. The van der Waals surface area contributed by atoms with Crippen molar-refractivity contribution in [3.63, 3.8) is 0 Å². The van der Waals surface area contributed by atoms with Crippen molar-refractivity contribution in [1.82, 2.24) is 5.32 Å². The van der Waals surface area contributed by atoms with Gasteiger partial charge in [-0.15, -0.1) is 0 Å². The van der Waals surface area contributed by atoms with E-state index in [0.717, 1.165) is 25.9 Å². The Morgan fingerprint density at radius 2 is 1.59 bits per heavy atom. The van der Waals surface area contributed by atoms with Crippen molar-refractivity contribution in [2.75, 3.05) is 46.1 Å². The Morgan fingerprint density at radius 3 is 2.23 bits per heavy atom. The van der Waals surface area contributed by atoms with E-state index in [1.54, 1.807) is 0 Å². The van der Waals surface area contributed by atoms with Crippen molar-refractivity contribution in [2.45, 2.75) is 51.7 Å². The predicted molar refractivity (Wildman–Crippen MR) is 83.9 cm³/mol. The van der Waals surface area contributed by atoms with Crippen LogP contribution in [0.2, 0.25) is 0 Å². The quantitative estimate of drug-likeness (QED) is 0.487. The number of hydrogen-bond acceptors (Lipinski definition) is 6. The molecular formula is C16H31NO5. The summed E-state index contributed by atoms with van der Waals surface area (Å²) >= 11 is 0. The largest absolute Gasteiger partial charge is 0.460 e. The van der Waals surface area contributed by atoms with E-state index < -0.39 is 5.60 Å². The molecule has 0 atom stereocenters. The first-order valence-corrected chi connectivity index (χ1v) is 8.17. The third-order valence-corrected chi connectivity index (χ3v) is 3.11. The third-order valence-electron chi connectivity index (χ3n) is 3.11. The fraction of sp³-hybridized carbons (Fsp3) is 0.938. The molecule has 6 heteroatoms. The molecule has 1 heterocycles. The minimum atomic E-state index is -0.436. The summed E-state index contributed by atoms with van der Waals surface area (Å²) in [6.45, 7) is 10.2. The molecule has 0 saturated carbocycles. The maximum atomic E-state index is 11.4. The smallest absolute Gasteiger partial charge is 0.308 e. The molecule has 0 radical (unpaired) electrons. The third kappa shape index (κ3) is 11.0. The fourth-order valence-corrected chi connectivity index (χ4v) is 2.11. The molecule has 1 fully saturated rings. The average molecular weight is 317 g/mol. The number of hydrogen-bond donors (Lipinski definition) is 1. The van der Waals surface area contributed by atoms with Gasteiger partial charge in [-0.2, -0.15) is 0 Å². The molecule has 1 aliphatic rings. The summed E-state index contributed by atoms with van der Waals surface area (Å²) in [4.78, 5) is 11.4. The number of nitrogens with one attached hydrogen (secondary N) is 1. The maximum absolute atomic E-state index is 11.4. The molecule has 1 rings (SSSR count). The second-order valence-electron chi connectivity index (χ2n) is 6.38. The first-order valence-electron chi connectivity index (χ1n) is 8.17. The molecule has 0 aromatic carbocycles. The molecule has 0 aromatic rings. The van der Waals surface area contributed by atoms with E-state index in [0.29, 0.717) is 39.1 Å². The molecule has 0 unspecified atom stereocenters. The van der Waals surface area contributed by atoms with Gasteiger partial charge in [0.15, 0.2) is 0 Å². The van der Waals surface area contributed by atoms with Crippen LogP contribution in [0, 0.1) is 0 Å². The van der Waals surface area contributed by atoms with Crippen molar-refractivity contribution in [3.05, 3.63) is 0 Å². The summed E-state index contributed by atoms with van der Waals surface area (Å²) in [6, 6.07) is 0. The lowest BCUT2D eigenvalue weighted by molar-refractivity contribution is -0.156. The van der Waals surface area contributed by atoms with E-state index >= 15 is 0 Å². The standard InChI is InChI=1S/C16H31NO5/c1-16(2,3)22-15(18)6-9-19-10-11-20-12-13-21-14-4-7-17-8-5-14/h14,17H,4-13H2,1-3H3. The van der Waals surface area contributed by atoms with Gasteiger partial charge in [-0.25, -0.2) is 0 Å². The number of carbonyl (C=O) groups is 1. The molecule has 1 saturated heterocycles. The van der Waals surface area contributed by atoms with Crippen LogP contribution in [0.15, 0.2) is 0 Å². The lowest BCUT2D eigenvalue weighted by Crippen LogP contribution is -2.33. The van der Waals surface area contributed by atoms with Crippen molar-refractivity contribution in [2.24, 2.45) is 0 Å². The number of esters is 1. The first-order chi connectivity index (χ1) is 10.5. The van der Waals surface area contributed by atoms with Crippen molar-refractivity contribution in [1.29, 1.82) is 0 Å². The second-order valence-corrected chi connectivity index (χ2v) is 6.38. The van der Waals surface area contributed by atoms with Gasteiger partial charge in [0.05, 0.1) is 45.6 Å².